The third-order valence-electron chi connectivity index (χ3n) is 6.96. The van der Waals surface area contributed by atoms with Gasteiger partial charge in [-0.25, -0.2) is 4.98 Å². The number of para-hydroxylation sites is 1. The summed E-state index contributed by atoms with van der Waals surface area (Å²) in [6.45, 7) is 2.48. The van der Waals surface area contributed by atoms with E-state index in [0.717, 1.165) is 35.9 Å². The molecule has 1 fully saturated rings. The van der Waals surface area contributed by atoms with Crippen LogP contribution in [0.3, 0.4) is 0 Å². The maximum atomic E-state index is 11.3. The highest BCUT2D eigenvalue weighted by Gasteiger charge is 2.27. The first-order chi connectivity index (χ1) is 16.7. The Kier molecular flexibility index (Phi) is 5.40. The van der Waals surface area contributed by atoms with Gasteiger partial charge in [0.2, 0.25) is 0 Å². The van der Waals surface area contributed by atoms with Crippen LogP contribution in [-0.4, -0.2) is 28.4 Å². The maximum absolute atomic E-state index is 11.3. The van der Waals surface area contributed by atoms with E-state index in [1.165, 1.54) is 31.9 Å². The summed E-state index contributed by atoms with van der Waals surface area (Å²) in [4.78, 5) is 18.8. The van der Waals surface area contributed by atoms with Crippen molar-refractivity contribution in [1.82, 2.24) is 9.38 Å². The zero-order valence-corrected chi connectivity index (χ0v) is 19.6. The summed E-state index contributed by atoms with van der Waals surface area (Å²) in [5.74, 6) is -1.23. The minimum atomic E-state index is -0.909. The summed E-state index contributed by atoms with van der Waals surface area (Å²) in [6, 6.07) is 27.5. The molecule has 0 bridgehead atoms. The Morgan fingerprint density at radius 1 is 0.912 bits per heavy atom. The lowest BCUT2D eigenvalue weighted by molar-refractivity contribution is -0.919. The lowest BCUT2D eigenvalue weighted by Crippen LogP contribution is -3.12. The fraction of sp³-hybridized carbons (Fsp3) is 0.214. The van der Waals surface area contributed by atoms with E-state index in [0.29, 0.717) is 12.8 Å². The second-order valence-corrected chi connectivity index (χ2v) is 10.1. The van der Waals surface area contributed by atoms with Crippen LogP contribution in [0, 0.1) is 5.92 Å². The molecule has 0 radical (unpaired) electrons. The number of carboxylic acid groups (broad SMARTS) is 1. The molecule has 0 saturated carbocycles. The van der Waals surface area contributed by atoms with E-state index in [-0.39, 0.29) is 5.92 Å². The van der Waals surface area contributed by atoms with Gasteiger partial charge >= 0.3 is 0 Å². The molecule has 0 unspecified atom stereocenters. The number of thiazole rings is 1. The van der Waals surface area contributed by atoms with Crippen LogP contribution < -0.4 is 10.0 Å². The van der Waals surface area contributed by atoms with Crippen LogP contribution in [0.5, 0.6) is 0 Å². The Morgan fingerprint density at radius 2 is 1.56 bits per heavy atom. The van der Waals surface area contributed by atoms with Gasteiger partial charge in [-0.1, -0.05) is 78.1 Å². The highest BCUT2D eigenvalue weighted by molar-refractivity contribution is 7.23. The third-order valence-corrected chi connectivity index (χ3v) is 7.98. The minimum absolute atomic E-state index is 0.318. The summed E-state index contributed by atoms with van der Waals surface area (Å²) >= 11 is 1.71. The van der Waals surface area contributed by atoms with Crippen molar-refractivity contribution in [2.75, 3.05) is 13.1 Å². The molecule has 0 atom stereocenters. The smallest absolute Gasteiger partial charge is 0.195 e. The standard InChI is InChI=1S/C28H25N3O2S/c32-27(33)22-14-16-30(17-15-22)18-24-26(29-28-31(24)23-8-4-5-9-25(23)34-28)21-12-10-20(11-13-21)19-6-2-1-3-7-19/h1-13,22H,14-18H2,(H,32,33). The van der Waals surface area contributed by atoms with Crippen molar-refractivity contribution >= 4 is 32.5 Å². The number of imidazole rings is 1. The normalized spacial score (nSPS) is 18.5. The number of aromatic nitrogens is 2. The topological polar surface area (TPSA) is 61.9 Å². The molecule has 6 rings (SSSR count). The fourth-order valence-electron chi connectivity index (χ4n) is 5.10. The average Bonchev–Trinajstić information content (AvgIpc) is 3.41. The van der Waals surface area contributed by atoms with Gasteiger partial charge in [0.25, 0.3) is 0 Å². The zero-order chi connectivity index (χ0) is 23.1. The predicted octanol–water partition coefficient (Wildman–Crippen LogP) is 3.43. The zero-order valence-electron chi connectivity index (χ0n) is 18.7. The van der Waals surface area contributed by atoms with Gasteiger partial charge in [0, 0.05) is 30.3 Å². The number of aliphatic carboxylic acids is 1. The van der Waals surface area contributed by atoms with Gasteiger partial charge in [0.1, 0.15) is 12.2 Å². The van der Waals surface area contributed by atoms with E-state index >= 15 is 0 Å². The molecule has 3 heterocycles. The number of quaternary nitrogens is 1. The fourth-order valence-corrected chi connectivity index (χ4v) is 6.14. The molecule has 0 amide bonds. The molecule has 1 saturated heterocycles. The Bertz CT molecular complexity index is 1460. The van der Waals surface area contributed by atoms with E-state index in [9.17, 15) is 9.90 Å². The Morgan fingerprint density at radius 3 is 2.29 bits per heavy atom. The number of hydrogen-bond donors (Lipinski definition) is 1. The Hall–Kier alpha value is -3.48. The Balaban J connectivity index is 1.40. The number of carbonyl (C=O) groups excluding carboxylic acids is 1. The number of likely N-dealkylation sites (tertiary alicyclic amines) is 1. The molecule has 1 aliphatic heterocycles. The van der Waals surface area contributed by atoms with Gasteiger partial charge in [0.15, 0.2) is 4.96 Å². The monoisotopic (exact) mass is 467 g/mol. The van der Waals surface area contributed by atoms with E-state index in [1.54, 1.807) is 11.3 Å². The van der Waals surface area contributed by atoms with Crippen molar-refractivity contribution in [3.05, 3.63) is 84.6 Å². The van der Waals surface area contributed by atoms with Gasteiger partial charge in [0.05, 0.1) is 29.0 Å². The largest absolute Gasteiger partial charge is 0.550 e. The SMILES string of the molecule is O=C([O-])C1CC[NH+](Cc2c(-c3ccc(-c4ccccc4)cc3)nc3sc4ccccc4n23)CC1. The van der Waals surface area contributed by atoms with Crippen molar-refractivity contribution in [1.29, 1.82) is 0 Å². The van der Waals surface area contributed by atoms with Crippen molar-refractivity contribution in [3.8, 4) is 22.4 Å². The van der Waals surface area contributed by atoms with Gasteiger partial charge in [-0.05, 0) is 23.3 Å². The number of rotatable bonds is 5. The van der Waals surface area contributed by atoms with Gasteiger partial charge in [-0.3, -0.25) is 4.40 Å². The first-order valence-corrected chi connectivity index (χ1v) is 12.6. The average molecular weight is 468 g/mol. The van der Waals surface area contributed by atoms with Crippen molar-refractivity contribution in [2.24, 2.45) is 5.92 Å². The number of hydrogen-bond acceptors (Lipinski definition) is 4. The van der Waals surface area contributed by atoms with E-state index < -0.39 is 5.97 Å². The number of carbonyl (C=O) groups is 1. The highest BCUT2D eigenvalue weighted by Crippen LogP contribution is 2.33. The van der Waals surface area contributed by atoms with Gasteiger partial charge in [-0.15, -0.1) is 0 Å². The third kappa shape index (κ3) is 3.79. The van der Waals surface area contributed by atoms with Crippen LogP contribution in [0.25, 0.3) is 37.6 Å². The molecule has 1 aliphatic rings. The van der Waals surface area contributed by atoms with Crippen LogP contribution in [0.1, 0.15) is 18.5 Å². The summed E-state index contributed by atoms with van der Waals surface area (Å²) in [5, 5.41) is 11.3. The van der Waals surface area contributed by atoms with Crippen LogP contribution in [0.15, 0.2) is 78.9 Å². The molecule has 5 aromatic rings. The second-order valence-electron chi connectivity index (χ2n) is 9.06. The highest BCUT2D eigenvalue weighted by atomic mass is 32.1. The number of nitrogens with zero attached hydrogens (tertiary/aromatic N) is 2. The molecule has 6 heteroatoms. The minimum Gasteiger partial charge on any atom is -0.550 e. The molecule has 0 aliphatic carbocycles. The summed E-state index contributed by atoms with van der Waals surface area (Å²) in [5.41, 5.74) is 6.89. The van der Waals surface area contributed by atoms with Crippen LogP contribution in [0.2, 0.25) is 0 Å². The lowest BCUT2D eigenvalue weighted by atomic mass is 9.97. The van der Waals surface area contributed by atoms with Gasteiger partial charge in [-0.2, -0.15) is 0 Å². The molecular weight excluding hydrogens is 442 g/mol. The van der Waals surface area contributed by atoms with Crippen molar-refractivity contribution < 1.29 is 14.8 Å². The van der Waals surface area contributed by atoms with E-state index in [2.05, 4.69) is 77.2 Å². The molecule has 34 heavy (non-hydrogen) atoms. The predicted molar refractivity (Wildman–Crippen MR) is 134 cm³/mol. The quantitative estimate of drug-likeness (QED) is 0.431. The maximum Gasteiger partial charge on any atom is 0.195 e. The summed E-state index contributed by atoms with van der Waals surface area (Å²) < 4.78 is 3.53. The number of nitrogens with one attached hydrogen (secondary N) is 1. The van der Waals surface area contributed by atoms with Crippen LogP contribution in [0.4, 0.5) is 0 Å². The number of piperidine rings is 1. The second kappa shape index (κ2) is 8.70. The van der Waals surface area contributed by atoms with E-state index in [1.807, 2.05) is 6.07 Å². The molecule has 2 aromatic heterocycles. The molecule has 170 valence electrons. The molecule has 0 spiro atoms. The van der Waals surface area contributed by atoms with E-state index in [4.69, 9.17) is 4.98 Å². The molecule has 5 nitrogen and oxygen atoms in total. The number of fused-ring (bicyclic) bond motifs is 3. The number of benzene rings is 3. The number of carboxylic acids is 1. The van der Waals surface area contributed by atoms with Gasteiger partial charge < -0.3 is 14.8 Å². The van der Waals surface area contributed by atoms with Crippen LogP contribution in [-0.2, 0) is 11.3 Å². The van der Waals surface area contributed by atoms with Crippen LogP contribution >= 0.6 is 11.3 Å². The molecule has 3 aromatic carbocycles. The Labute approximate surface area is 201 Å². The molecule has 1 N–H and O–H groups in total. The first kappa shape index (κ1) is 21.1. The summed E-state index contributed by atoms with van der Waals surface area (Å²) in [7, 11) is 0. The molecular formula is C28H25N3O2S. The van der Waals surface area contributed by atoms with Crippen molar-refractivity contribution in [2.45, 2.75) is 19.4 Å². The summed E-state index contributed by atoms with van der Waals surface area (Å²) in [6.07, 6.45) is 1.34. The first-order valence-electron chi connectivity index (χ1n) is 11.8. The lowest BCUT2D eigenvalue weighted by Gasteiger charge is -2.29. The van der Waals surface area contributed by atoms with Crippen molar-refractivity contribution in [3.63, 3.8) is 0 Å².